The van der Waals surface area contributed by atoms with Crippen molar-refractivity contribution in [1.29, 1.82) is 0 Å². The van der Waals surface area contributed by atoms with Crippen LogP contribution >= 0.6 is 24.0 Å². The predicted octanol–water partition coefficient (Wildman–Crippen LogP) is 2.62. The lowest BCUT2D eigenvalue weighted by Gasteiger charge is -2.36. The summed E-state index contributed by atoms with van der Waals surface area (Å²) in [4.78, 5) is 20.8. The molecular formula is C21H25IN6O2. The summed E-state index contributed by atoms with van der Waals surface area (Å²) >= 11 is 0. The fourth-order valence-corrected chi connectivity index (χ4v) is 3.42. The number of amides is 1. The minimum absolute atomic E-state index is 0. The zero-order valence-corrected chi connectivity index (χ0v) is 19.1. The Hall–Kier alpha value is -2.82. The molecule has 1 saturated heterocycles. The van der Waals surface area contributed by atoms with Crippen LogP contribution in [0.3, 0.4) is 0 Å². The van der Waals surface area contributed by atoms with Gasteiger partial charge in [-0.3, -0.25) is 9.79 Å². The van der Waals surface area contributed by atoms with Crippen LogP contribution in [0.15, 0.2) is 70.5 Å². The average molecular weight is 520 g/mol. The first-order chi connectivity index (χ1) is 14.2. The van der Waals surface area contributed by atoms with Crippen LogP contribution in [0.2, 0.25) is 0 Å². The Morgan fingerprint density at radius 2 is 1.93 bits per heavy atom. The van der Waals surface area contributed by atoms with E-state index in [1.807, 2.05) is 34.0 Å². The fourth-order valence-electron chi connectivity index (χ4n) is 3.42. The predicted molar refractivity (Wildman–Crippen MR) is 125 cm³/mol. The van der Waals surface area contributed by atoms with Crippen LogP contribution in [0.4, 0.5) is 0 Å². The number of rotatable bonds is 4. The van der Waals surface area contributed by atoms with E-state index in [0.717, 1.165) is 30.3 Å². The highest BCUT2D eigenvalue weighted by Gasteiger charge is 2.25. The minimum Gasteiger partial charge on any atom is -0.459 e. The molecule has 9 heteroatoms. The third kappa shape index (κ3) is 5.02. The number of hydrogen-bond acceptors (Lipinski definition) is 4. The second-order valence-electron chi connectivity index (χ2n) is 6.78. The Morgan fingerprint density at radius 3 is 2.60 bits per heavy atom. The molecule has 0 unspecified atom stereocenters. The molecule has 0 aliphatic carbocycles. The first-order valence-corrected chi connectivity index (χ1v) is 9.62. The summed E-state index contributed by atoms with van der Waals surface area (Å²) in [5.41, 5.74) is 2.17. The molecule has 3 aromatic rings. The van der Waals surface area contributed by atoms with Crippen molar-refractivity contribution in [3.8, 4) is 5.69 Å². The van der Waals surface area contributed by atoms with E-state index in [1.165, 1.54) is 6.26 Å². The van der Waals surface area contributed by atoms with Gasteiger partial charge in [-0.1, -0.05) is 12.1 Å². The molecule has 1 N–H and O–H groups in total. The Bertz CT molecular complexity index is 963. The zero-order valence-electron chi connectivity index (χ0n) is 16.8. The maximum absolute atomic E-state index is 12.4. The highest BCUT2D eigenvalue weighted by atomic mass is 127. The van der Waals surface area contributed by atoms with E-state index in [9.17, 15) is 4.79 Å². The van der Waals surface area contributed by atoms with Crippen molar-refractivity contribution in [2.75, 3.05) is 33.2 Å². The molecule has 30 heavy (non-hydrogen) atoms. The molecule has 0 spiro atoms. The number of furan rings is 1. The van der Waals surface area contributed by atoms with Crippen molar-refractivity contribution < 1.29 is 9.21 Å². The average Bonchev–Trinajstić information content (AvgIpc) is 3.49. The molecule has 1 aliphatic rings. The maximum Gasteiger partial charge on any atom is 0.289 e. The van der Waals surface area contributed by atoms with Crippen LogP contribution < -0.4 is 5.32 Å². The number of aromatic nitrogens is 2. The molecule has 3 heterocycles. The van der Waals surface area contributed by atoms with E-state index in [2.05, 4.69) is 32.4 Å². The number of piperazine rings is 1. The van der Waals surface area contributed by atoms with Gasteiger partial charge < -0.3 is 19.5 Å². The number of aliphatic imine (C=N–C) groups is 1. The van der Waals surface area contributed by atoms with Gasteiger partial charge in [-0.2, -0.15) is 5.10 Å². The number of guanidine groups is 1. The molecule has 0 bridgehead atoms. The van der Waals surface area contributed by atoms with Crippen molar-refractivity contribution in [1.82, 2.24) is 24.9 Å². The highest BCUT2D eigenvalue weighted by Crippen LogP contribution is 2.11. The van der Waals surface area contributed by atoms with Gasteiger partial charge in [0.1, 0.15) is 0 Å². The van der Waals surface area contributed by atoms with Gasteiger partial charge in [0.2, 0.25) is 0 Å². The Labute approximate surface area is 192 Å². The van der Waals surface area contributed by atoms with Crippen LogP contribution in [-0.2, 0) is 6.54 Å². The van der Waals surface area contributed by atoms with Gasteiger partial charge in [-0.05, 0) is 35.9 Å². The van der Waals surface area contributed by atoms with E-state index >= 15 is 0 Å². The van der Waals surface area contributed by atoms with Gasteiger partial charge in [-0.25, -0.2) is 4.68 Å². The standard InChI is InChI=1S/C21H24N6O2.HI/c1-22-21(23-16-17-5-2-6-18(15-17)27-9-4-8-24-27)26-12-10-25(11-13-26)20(28)19-7-3-14-29-19;/h2-9,14-15H,10-13,16H2,1H3,(H,22,23);1H. The molecular weight excluding hydrogens is 495 g/mol. The SMILES string of the molecule is CN=C(NCc1cccc(-n2cccn2)c1)N1CCN(C(=O)c2ccco2)CC1.I. The second-order valence-corrected chi connectivity index (χ2v) is 6.78. The van der Waals surface area contributed by atoms with E-state index in [-0.39, 0.29) is 29.9 Å². The molecule has 8 nitrogen and oxygen atoms in total. The topological polar surface area (TPSA) is 78.9 Å². The minimum atomic E-state index is -0.0620. The van der Waals surface area contributed by atoms with Crippen LogP contribution in [0.5, 0.6) is 0 Å². The number of carbonyl (C=O) groups is 1. The highest BCUT2D eigenvalue weighted by molar-refractivity contribution is 14.0. The molecule has 1 aliphatic heterocycles. The third-order valence-electron chi connectivity index (χ3n) is 4.94. The quantitative estimate of drug-likeness (QED) is 0.325. The number of carbonyl (C=O) groups excluding carboxylic acids is 1. The van der Waals surface area contributed by atoms with Crippen molar-refractivity contribution >= 4 is 35.8 Å². The Morgan fingerprint density at radius 1 is 1.13 bits per heavy atom. The molecule has 1 amide bonds. The lowest BCUT2D eigenvalue weighted by Crippen LogP contribution is -2.53. The van der Waals surface area contributed by atoms with Crippen molar-refractivity contribution in [3.05, 3.63) is 72.4 Å². The van der Waals surface area contributed by atoms with E-state index in [1.54, 1.807) is 25.4 Å². The normalized spacial score (nSPS) is 14.4. The maximum atomic E-state index is 12.4. The molecule has 2 aromatic heterocycles. The summed E-state index contributed by atoms with van der Waals surface area (Å²) < 4.78 is 7.06. The van der Waals surface area contributed by atoms with Crippen LogP contribution in [0, 0.1) is 0 Å². The monoisotopic (exact) mass is 520 g/mol. The van der Waals surface area contributed by atoms with Crippen molar-refractivity contribution in [3.63, 3.8) is 0 Å². The zero-order chi connectivity index (χ0) is 20.1. The van der Waals surface area contributed by atoms with E-state index < -0.39 is 0 Å². The van der Waals surface area contributed by atoms with E-state index in [0.29, 0.717) is 25.4 Å². The lowest BCUT2D eigenvalue weighted by molar-refractivity contribution is 0.0657. The molecule has 0 atom stereocenters. The summed E-state index contributed by atoms with van der Waals surface area (Å²) in [6.07, 6.45) is 5.22. The number of hydrogen-bond donors (Lipinski definition) is 1. The molecule has 0 radical (unpaired) electrons. The van der Waals surface area contributed by atoms with Gasteiger partial charge >= 0.3 is 0 Å². The van der Waals surface area contributed by atoms with Crippen LogP contribution in [0.1, 0.15) is 16.1 Å². The Kier molecular flexibility index (Phi) is 7.50. The van der Waals surface area contributed by atoms with Crippen LogP contribution in [-0.4, -0.2) is 64.7 Å². The third-order valence-corrected chi connectivity index (χ3v) is 4.94. The van der Waals surface area contributed by atoms with E-state index in [4.69, 9.17) is 4.42 Å². The smallest absolute Gasteiger partial charge is 0.289 e. The first kappa shape index (κ1) is 21.9. The van der Waals surface area contributed by atoms with Gasteiger partial charge in [0.15, 0.2) is 11.7 Å². The van der Waals surface area contributed by atoms with Crippen molar-refractivity contribution in [2.45, 2.75) is 6.54 Å². The number of benzene rings is 1. The molecule has 1 fully saturated rings. The Balaban J connectivity index is 0.00000256. The summed E-state index contributed by atoms with van der Waals surface area (Å²) in [5, 5.41) is 7.70. The number of nitrogens with one attached hydrogen (secondary N) is 1. The largest absolute Gasteiger partial charge is 0.459 e. The molecule has 4 rings (SSSR count). The fraction of sp³-hybridized carbons (Fsp3) is 0.286. The van der Waals surface area contributed by atoms with Gasteiger partial charge in [0.25, 0.3) is 5.91 Å². The summed E-state index contributed by atoms with van der Waals surface area (Å²) in [7, 11) is 1.78. The molecule has 158 valence electrons. The van der Waals surface area contributed by atoms with Gasteiger partial charge in [0, 0.05) is 52.2 Å². The molecule has 1 aromatic carbocycles. The summed E-state index contributed by atoms with van der Waals surface area (Å²) in [6, 6.07) is 13.6. The van der Waals surface area contributed by atoms with Gasteiger partial charge in [0.05, 0.1) is 12.0 Å². The summed E-state index contributed by atoms with van der Waals surface area (Å²) in [5.74, 6) is 1.16. The lowest BCUT2D eigenvalue weighted by atomic mass is 10.2. The number of halogens is 1. The summed E-state index contributed by atoms with van der Waals surface area (Å²) in [6.45, 7) is 3.37. The van der Waals surface area contributed by atoms with Gasteiger partial charge in [-0.15, -0.1) is 24.0 Å². The van der Waals surface area contributed by atoms with Crippen molar-refractivity contribution in [2.24, 2.45) is 4.99 Å². The molecule has 0 saturated carbocycles. The number of nitrogens with zero attached hydrogens (tertiary/aromatic N) is 5. The second kappa shape index (κ2) is 10.3. The van der Waals surface area contributed by atoms with Crippen LogP contribution in [0.25, 0.3) is 5.69 Å². The first-order valence-electron chi connectivity index (χ1n) is 9.62.